The molecule has 1 aromatic carbocycles. The van der Waals surface area contributed by atoms with Crippen molar-refractivity contribution in [1.29, 1.82) is 0 Å². The predicted molar refractivity (Wildman–Crippen MR) is 43.0 cm³/mol. The van der Waals surface area contributed by atoms with E-state index in [0.29, 0.717) is 5.39 Å². The largest absolute Gasteiger partial charge is 0.359 e. The predicted octanol–water partition coefficient (Wildman–Crippen LogP) is 2.62. The minimum absolute atomic E-state index is 0.168. The van der Waals surface area contributed by atoms with Gasteiger partial charge in [0.25, 0.3) is 0 Å². The van der Waals surface area contributed by atoms with Gasteiger partial charge in [0.05, 0.1) is 0 Å². The molecule has 1 heterocycles. The van der Waals surface area contributed by atoms with Crippen LogP contribution < -0.4 is 0 Å². The number of aromatic nitrogens is 1. The molecule has 0 aliphatic heterocycles. The highest BCUT2D eigenvalue weighted by atomic mass is 19.1. The normalized spacial score (nSPS) is 10.7. The van der Waals surface area contributed by atoms with Gasteiger partial charge in [0.15, 0.2) is 0 Å². The van der Waals surface area contributed by atoms with Crippen molar-refractivity contribution in [3.63, 3.8) is 0 Å². The Kier molecular flexibility index (Phi) is 1.22. The average molecular weight is 149 g/mol. The van der Waals surface area contributed by atoms with Gasteiger partial charge in [-0.1, -0.05) is 12.1 Å². The Labute approximate surface area is 63.9 Å². The average Bonchev–Trinajstić information content (AvgIpc) is 2.34. The van der Waals surface area contributed by atoms with Crippen molar-refractivity contribution in [3.05, 3.63) is 35.8 Å². The van der Waals surface area contributed by atoms with E-state index in [0.717, 1.165) is 11.1 Å². The van der Waals surface area contributed by atoms with Gasteiger partial charge >= 0.3 is 0 Å². The quantitative estimate of drug-likeness (QED) is 0.592. The number of aryl methyl sites for hydroxylation is 1. The lowest BCUT2D eigenvalue weighted by atomic mass is 10.1. The summed E-state index contributed by atoms with van der Waals surface area (Å²) in [5.41, 5.74) is 1.84. The third-order valence-corrected chi connectivity index (χ3v) is 1.87. The maximum Gasteiger partial charge on any atom is 0.148 e. The molecular weight excluding hydrogens is 141 g/mol. The van der Waals surface area contributed by atoms with E-state index in [-0.39, 0.29) is 5.82 Å². The summed E-state index contributed by atoms with van der Waals surface area (Å²) >= 11 is 0. The number of fused-ring (bicyclic) bond motifs is 1. The second kappa shape index (κ2) is 2.09. The molecule has 0 bridgehead atoms. The summed E-state index contributed by atoms with van der Waals surface area (Å²) in [5, 5.41) is 0.701. The Bertz CT molecular complexity index is 389. The van der Waals surface area contributed by atoms with Gasteiger partial charge in [-0.15, -0.1) is 0 Å². The fraction of sp³-hybridized carbons (Fsp3) is 0.111. The molecule has 1 N–H and O–H groups in total. The van der Waals surface area contributed by atoms with E-state index in [4.69, 9.17) is 0 Å². The number of H-pyrrole nitrogens is 1. The first-order chi connectivity index (χ1) is 5.29. The summed E-state index contributed by atoms with van der Waals surface area (Å²) in [4.78, 5) is 2.85. The van der Waals surface area contributed by atoms with Gasteiger partial charge < -0.3 is 4.98 Å². The van der Waals surface area contributed by atoms with Crippen LogP contribution in [0.3, 0.4) is 0 Å². The Balaban J connectivity index is 2.96. The van der Waals surface area contributed by atoms with Gasteiger partial charge in [0.2, 0.25) is 0 Å². The van der Waals surface area contributed by atoms with Crippen LogP contribution >= 0.6 is 0 Å². The van der Waals surface area contributed by atoms with Gasteiger partial charge in [0, 0.05) is 17.1 Å². The van der Waals surface area contributed by atoms with Crippen molar-refractivity contribution in [2.24, 2.45) is 0 Å². The van der Waals surface area contributed by atoms with E-state index >= 15 is 0 Å². The summed E-state index contributed by atoms with van der Waals surface area (Å²) in [6.45, 7) is 1.90. The van der Waals surface area contributed by atoms with Crippen LogP contribution in [0, 0.1) is 12.7 Å². The van der Waals surface area contributed by atoms with E-state index in [1.165, 1.54) is 6.20 Å². The second-order valence-corrected chi connectivity index (χ2v) is 2.63. The number of hydrogen-bond donors (Lipinski definition) is 1. The first-order valence-corrected chi connectivity index (χ1v) is 3.51. The molecule has 2 aromatic rings. The number of halogens is 1. The molecular formula is C9H8FN. The molecule has 0 radical (unpaired) electrons. The molecule has 2 rings (SSSR count). The minimum Gasteiger partial charge on any atom is -0.359 e. The van der Waals surface area contributed by atoms with Crippen LogP contribution in [0.2, 0.25) is 0 Å². The summed E-state index contributed by atoms with van der Waals surface area (Å²) < 4.78 is 13.0. The number of aromatic amines is 1. The molecule has 0 amide bonds. The standard InChI is InChI=1S/C9H8FN/c1-6-3-2-4-8-9(6)7(10)5-11-8/h2-5,11H,1H3. The maximum atomic E-state index is 13.0. The van der Waals surface area contributed by atoms with Crippen molar-refractivity contribution in [2.45, 2.75) is 6.92 Å². The molecule has 0 fully saturated rings. The first-order valence-electron chi connectivity index (χ1n) is 3.51. The second-order valence-electron chi connectivity index (χ2n) is 2.63. The minimum atomic E-state index is -0.168. The van der Waals surface area contributed by atoms with Gasteiger partial charge in [-0.2, -0.15) is 0 Å². The summed E-state index contributed by atoms with van der Waals surface area (Å²) in [6, 6.07) is 5.68. The molecule has 11 heavy (non-hydrogen) atoms. The topological polar surface area (TPSA) is 15.8 Å². The highest BCUT2D eigenvalue weighted by Gasteiger charge is 2.03. The molecule has 0 saturated carbocycles. The van der Waals surface area contributed by atoms with Crippen molar-refractivity contribution < 1.29 is 4.39 Å². The summed E-state index contributed by atoms with van der Waals surface area (Å²) in [7, 11) is 0. The number of hydrogen-bond acceptors (Lipinski definition) is 0. The van der Waals surface area contributed by atoms with Gasteiger partial charge in [-0.05, 0) is 18.6 Å². The zero-order valence-electron chi connectivity index (χ0n) is 6.19. The first kappa shape index (κ1) is 6.40. The molecule has 2 heteroatoms. The van der Waals surface area contributed by atoms with Crippen molar-refractivity contribution in [3.8, 4) is 0 Å². The van der Waals surface area contributed by atoms with E-state index in [2.05, 4.69) is 4.98 Å². The molecule has 0 atom stereocenters. The van der Waals surface area contributed by atoms with Crippen LogP contribution in [0.15, 0.2) is 24.4 Å². The van der Waals surface area contributed by atoms with Gasteiger partial charge in [-0.25, -0.2) is 4.39 Å². The molecule has 0 unspecified atom stereocenters. The molecule has 0 aliphatic rings. The van der Waals surface area contributed by atoms with E-state index in [1.54, 1.807) is 0 Å². The SMILES string of the molecule is Cc1cccc2[nH]cc(F)c12. The third-order valence-electron chi connectivity index (χ3n) is 1.87. The molecule has 0 saturated heterocycles. The van der Waals surface area contributed by atoms with Crippen molar-refractivity contribution in [2.75, 3.05) is 0 Å². The van der Waals surface area contributed by atoms with Crippen molar-refractivity contribution >= 4 is 10.9 Å². The van der Waals surface area contributed by atoms with E-state index in [1.807, 2.05) is 25.1 Å². The van der Waals surface area contributed by atoms with Gasteiger partial charge in [-0.3, -0.25) is 0 Å². The Morgan fingerprint density at radius 2 is 2.18 bits per heavy atom. The maximum absolute atomic E-state index is 13.0. The molecule has 56 valence electrons. The highest BCUT2D eigenvalue weighted by Crippen LogP contribution is 2.19. The lowest BCUT2D eigenvalue weighted by Gasteiger charge is -1.93. The van der Waals surface area contributed by atoms with Crippen LogP contribution in [0.25, 0.3) is 10.9 Å². The fourth-order valence-corrected chi connectivity index (χ4v) is 1.32. The Hall–Kier alpha value is -1.31. The molecule has 1 aromatic heterocycles. The van der Waals surface area contributed by atoms with Gasteiger partial charge in [0.1, 0.15) is 5.82 Å². The Morgan fingerprint density at radius 1 is 1.36 bits per heavy atom. The zero-order valence-corrected chi connectivity index (χ0v) is 6.19. The molecule has 1 nitrogen and oxygen atoms in total. The smallest absolute Gasteiger partial charge is 0.148 e. The summed E-state index contributed by atoms with van der Waals surface area (Å²) in [5.74, 6) is -0.168. The van der Waals surface area contributed by atoms with Crippen LogP contribution in [0.5, 0.6) is 0 Å². The van der Waals surface area contributed by atoms with Crippen LogP contribution in [-0.2, 0) is 0 Å². The third kappa shape index (κ3) is 0.827. The molecule has 0 aliphatic carbocycles. The molecule has 0 spiro atoms. The van der Waals surface area contributed by atoms with E-state index < -0.39 is 0 Å². The number of rotatable bonds is 0. The fourth-order valence-electron chi connectivity index (χ4n) is 1.32. The Morgan fingerprint density at radius 3 is 2.91 bits per heavy atom. The summed E-state index contributed by atoms with van der Waals surface area (Å²) in [6.07, 6.45) is 1.39. The lowest BCUT2D eigenvalue weighted by Crippen LogP contribution is -1.75. The van der Waals surface area contributed by atoms with Crippen molar-refractivity contribution in [1.82, 2.24) is 4.98 Å². The highest BCUT2D eigenvalue weighted by molar-refractivity contribution is 5.83. The van der Waals surface area contributed by atoms with Crippen LogP contribution in [0.4, 0.5) is 4.39 Å². The van der Waals surface area contributed by atoms with Crippen LogP contribution in [-0.4, -0.2) is 4.98 Å². The lowest BCUT2D eigenvalue weighted by molar-refractivity contribution is 0.639. The number of nitrogens with one attached hydrogen (secondary N) is 1. The van der Waals surface area contributed by atoms with E-state index in [9.17, 15) is 4.39 Å². The zero-order chi connectivity index (χ0) is 7.84. The monoisotopic (exact) mass is 149 g/mol. The number of benzene rings is 1. The van der Waals surface area contributed by atoms with Crippen LogP contribution in [0.1, 0.15) is 5.56 Å².